The number of hydrogen-bond acceptors (Lipinski definition) is 4. The molecule has 2 N–H and O–H groups in total. The maximum absolute atomic E-state index is 11.6. The minimum atomic E-state index is -0.531. The van der Waals surface area contributed by atoms with Crippen LogP contribution in [0.1, 0.15) is 13.3 Å². The van der Waals surface area contributed by atoms with Gasteiger partial charge in [0.25, 0.3) is 5.91 Å². The fourth-order valence-electron chi connectivity index (χ4n) is 1.31. The second kappa shape index (κ2) is 8.51. The molecule has 0 heterocycles. The van der Waals surface area contributed by atoms with E-state index < -0.39 is 11.9 Å². The van der Waals surface area contributed by atoms with Gasteiger partial charge in [0.15, 0.2) is 6.61 Å². The summed E-state index contributed by atoms with van der Waals surface area (Å²) in [6.45, 7) is 1.22. The van der Waals surface area contributed by atoms with Crippen LogP contribution in [0.2, 0.25) is 0 Å². The minimum Gasteiger partial charge on any atom is -0.456 e. The summed E-state index contributed by atoms with van der Waals surface area (Å²) in [7, 11) is 0. The first-order chi connectivity index (χ1) is 9.49. The highest BCUT2D eigenvalue weighted by molar-refractivity contribution is 14.1. The van der Waals surface area contributed by atoms with E-state index >= 15 is 0 Å². The summed E-state index contributed by atoms with van der Waals surface area (Å²) in [6.07, 6.45) is 0.0374. The average Bonchev–Trinajstić information content (AvgIpc) is 2.39. The zero-order valence-corrected chi connectivity index (χ0v) is 13.1. The minimum absolute atomic E-state index is 0.0374. The van der Waals surface area contributed by atoms with Crippen LogP contribution in [0.5, 0.6) is 0 Å². The van der Waals surface area contributed by atoms with E-state index in [9.17, 15) is 14.4 Å². The molecule has 0 aliphatic heterocycles. The molecule has 0 saturated carbocycles. The summed E-state index contributed by atoms with van der Waals surface area (Å²) >= 11 is 2.10. The molecule has 0 radical (unpaired) electrons. The second-order valence-electron chi connectivity index (χ2n) is 3.92. The molecule has 0 aliphatic rings. The van der Waals surface area contributed by atoms with Crippen LogP contribution >= 0.6 is 22.6 Å². The molecule has 108 valence electrons. The molecule has 0 unspecified atom stereocenters. The molecule has 1 rings (SSSR count). The normalized spacial score (nSPS) is 9.70. The zero-order chi connectivity index (χ0) is 15.0. The van der Waals surface area contributed by atoms with Gasteiger partial charge in [0, 0.05) is 17.0 Å². The number of benzene rings is 1. The smallest absolute Gasteiger partial charge is 0.308 e. The van der Waals surface area contributed by atoms with E-state index in [1.54, 1.807) is 12.1 Å². The first kappa shape index (κ1) is 16.4. The molecule has 20 heavy (non-hydrogen) atoms. The Hall–Kier alpha value is -1.64. The molecule has 2 amide bonds. The van der Waals surface area contributed by atoms with Gasteiger partial charge in [0.2, 0.25) is 5.91 Å². The molecular weight excluding hydrogens is 375 g/mol. The first-order valence-electron chi connectivity index (χ1n) is 5.93. The Morgan fingerprint density at radius 3 is 2.60 bits per heavy atom. The number of anilines is 1. The van der Waals surface area contributed by atoms with Gasteiger partial charge in [-0.1, -0.05) is 12.1 Å². The van der Waals surface area contributed by atoms with E-state index in [0.717, 1.165) is 3.57 Å². The van der Waals surface area contributed by atoms with Gasteiger partial charge < -0.3 is 15.4 Å². The Bertz CT molecular complexity index is 505. The number of para-hydroxylation sites is 1. The molecule has 1 aromatic rings. The summed E-state index contributed by atoms with van der Waals surface area (Å²) in [5.41, 5.74) is 0.674. The predicted octanol–water partition coefficient (Wildman–Crippen LogP) is 1.30. The Morgan fingerprint density at radius 1 is 1.25 bits per heavy atom. The quantitative estimate of drug-likeness (QED) is 0.567. The van der Waals surface area contributed by atoms with Crippen molar-refractivity contribution in [3.8, 4) is 0 Å². The van der Waals surface area contributed by atoms with Crippen LogP contribution in [0.4, 0.5) is 5.69 Å². The number of ether oxygens (including phenoxy) is 1. The standard InChI is InChI=1S/C13H15IN2O4/c1-9(17)15-7-6-13(19)20-8-12(18)16-11-5-3-2-4-10(11)14/h2-5H,6-8H2,1H3,(H,15,17)(H,16,18). The van der Waals surface area contributed by atoms with Crippen molar-refractivity contribution in [1.29, 1.82) is 0 Å². The van der Waals surface area contributed by atoms with Gasteiger partial charge in [0.05, 0.1) is 12.1 Å². The molecule has 0 fully saturated rings. The number of amides is 2. The molecular formula is C13H15IN2O4. The zero-order valence-electron chi connectivity index (χ0n) is 10.9. The fourth-order valence-corrected chi connectivity index (χ4v) is 1.83. The molecule has 0 bridgehead atoms. The van der Waals surface area contributed by atoms with E-state index in [-0.39, 0.29) is 25.5 Å². The highest BCUT2D eigenvalue weighted by Crippen LogP contribution is 2.16. The number of esters is 1. The molecule has 6 nitrogen and oxygen atoms in total. The number of carbonyl (C=O) groups is 3. The summed E-state index contributed by atoms with van der Waals surface area (Å²) in [6, 6.07) is 7.28. The Labute approximate surface area is 130 Å². The third-order valence-corrected chi connectivity index (χ3v) is 3.16. The van der Waals surface area contributed by atoms with Crippen molar-refractivity contribution < 1.29 is 19.1 Å². The number of hydrogen-bond donors (Lipinski definition) is 2. The van der Waals surface area contributed by atoms with Crippen molar-refractivity contribution in [2.75, 3.05) is 18.5 Å². The number of halogens is 1. The van der Waals surface area contributed by atoms with Crippen LogP contribution in [-0.4, -0.2) is 30.9 Å². The highest BCUT2D eigenvalue weighted by Gasteiger charge is 2.09. The van der Waals surface area contributed by atoms with Crippen LogP contribution in [-0.2, 0) is 19.1 Å². The van der Waals surface area contributed by atoms with Crippen molar-refractivity contribution in [2.45, 2.75) is 13.3 Å². The van der Waals surface area contributed by atoms with Crippen molar-refractivity contribution in [3.05, 3.63) is 27.8 Å². The van der Waals surface area contributed by atoms with Crippen LogP contribution in [0.3, 0.4) is 0 Å². The molecule has 0 aromatic heterocycles. The average molecular weight is 390 g/mol. The maximum atomic E-state index is 11.6. The topological polar surface area (TPSA) is 84.5 Å². The van der Waals surface area contributed by atoms with Gasteiger partial charge in [-0.25, -0.2) is 0 Å². The third-order valence-electron chi connectivity index (χ3n) is 2.22. The van der Waals surface area contributed by atoms with Crippen molar-refractivity contribution in [2.24, 2.45) is 0 Å². The van der Waals surface area contributed by atoms with Crippen molar-refractivity contribution in [3.63, 3.8) is 0 Å². The van der Waals surface area contributed by atoms with Gasteiger partial charge in [-0.2, -0.15) is 0 Å². The summed E-state index contributed by atoms with van der Waals surface area (Å²) in [5.74, 6) is -1.15. The van der Waals surface area contributed by atoms with E-state index in [4.69, 9.17) is 4.74 Å². The van der Waals surface area contributed by atoms with Crippen LogP contribution in [0, 0.1) is 3.57 Å². The number of nitrogens with one attached hydrogen (secondary N) is 2. The Morgan fingerprint density at radius 2 is 1.95 bits per heavy atom. The highest BCUT2D eigenvalue weighted by atomic mass is 127. The Balaban J connectivity index is 2.28. The Kier molecular flexibility index (Phi) is 6.99. The van der Waals surface area contributed by atoms with Gasteiger partial charge in [-0.05, 0) is 34.7 Å². The van der Waals surface area contributed by atoms with Gasteiger partial charge >= 0.3 is 5.97 Å². The van der Waals surface area contributed by atoms with Crippen molar-refractivity contribution >= 4 is 46.1 Å². The molecule has 0 saturated heterocycles. The second-order valence-corrected chi connectivity index (χ2v) is 5.08. The summed E-state index contributed by atoms with van der Waals surface area (Å²) in [5, 5.41) is 5.12. The summed E-state index contributed by atoms with van der Waals surface area (Å²) < 4.78 is 5.69. The van der Waals surface area contributed by atoms with Gasteiger partial charge in [-0.3, -0.25) is 14.4 Å². The van der Waals surface area contributed by atoms with E-state index in [2.05, 4.69) is 33.2 Å². The molecule has 0 atom stereocenters. The SMILES string of the molecule is CC(=O)NCCC(=O)OCC(=O)Nc1ccccc1I. The third kappa shape index (κ3) is 6.50. The lowest BCUT2D eigenvalue weighted by Crippen LogP contribution is -2.26. The fraction of sp³-hybridized carbons (Fsp3) is 0.308. The van der Waals surface area contributed by atoms with E-state index in [0.29, 0.717) is 5.69 Å². The lowest BCUT2D eigenvalue weighted by atomic mass is 10.3. The van der Waals surface area contributed by atoms with Gasteiger partial charge in [-0.15, -0.1) is 0 Å². The van der Waals surface area contributed by atoms with Crippen LogP contribution < -0.4 is 10.6 Å². The van der Waals surface area contributed by atoms with Gasteiger partial charge in [0.1, 0.15) is 0 Å². The van der Waals surface area contributed by atoms with E-state index in [1.807, 2.05) is 12.1 Å². The van der Waals surface area contributed by atoms with Crippen LogP contribution in [0.25, 0.3) is 0 Å². The molecule has 1 aromatic carbocycles. The van der Waals surface area contributed by atoms with E-state index in [1.165, 1.54) is 6.92 Å². The molecule has 0 aliphatic carbocycles. The maximum Gasteiger partial charge on any atom is 0.308 e. The molecule has 7 heteroatoms. The monoisotopic (exact) mass is 390 g/mol. The van der Waals surface area contributed by atoms with Crippen LogP contribution in [0.15, 0.2) is 24.3 Å². The predicted molar refractivity (Wildman–Crippen MR) is 82.0 cm³/mol. The number of rotatable bonds is 6. The molecule has 0 spiro atoms. The lowest BCUT2D eigenvalue weighted by molar-refractivity contribution is -0.147. The first-order valence-corrected chi connectivity index (χ1v) is 7.01. The van der Waals surface area contributed by atoms with Crippen molar-refractivity contribution in [1.82, 2.24) is 5.32 Å². The largest absolute Gasteiger partial charge is 0.456 e. The number of carbonyl (C=O) groups excluding carboxylic acids is 3. The lowest BCUT2D eigenvalue weighted by Gasteiger charge is -2.08. The summed E-state index contributed by atoms with van der Waals surface area (Å²) in [4.78, 5) is 33.5.